The van der Waals surface area contributed by atoms with Gasteiger partial charge in [-0.1, -0.05) is 48.0 Å². The molecule has 0 atom stereocenters. The fourth-order valence-corrected chi connectivity index (χ4v) is 3.25. The number of carbonyl (C=O) groups is 2. The van der Waals surface area contributed by atoms with Crippen LogP contribution in [0.15, 0.2) is 72.3 Å². The van der Waals surface area contributed by atoms with Crippen molar-refractivity contribution in [2.75, 3.05) is 11.9 Å². The Morgan fingerprint density at radius 3 is 2.50 bits per heavy atom. The topological polar surface area (TPSA) is 109 Å². The molecule has 0 aromatic heterocycles. The number of hydrogen-bond donors (Lipinski definition) is 2. The number of carboxylic acids is 1. The second-order valence-corrected chi connectivity index (χ2v) is 7.40. The first kappa shape index (κ1) is 24.4. The maximum atomic E-state index is 12.6. The first-order chi connectivity index (χ1) is 16.4. The van der Waals surface area contributed by atoms with Gasteiger partial charge >= 0.3 is 5.97 Å². The van der Waals surface area contributed by atoms with E-state index in [0.717, 1.165) is 5.56 Å². The first-order valence-electron chi connectivity index (χ1n) is 10.3. The Kier molecular flexibility index (Phi) is 8.27. The molecule has 0 saturated heterocycles. The molecule has 3 aromatic carbocycles. The Balaban J connectivity index is 1.82. The number of rotatable bonds is 9. The summed E-state index contributed by atoms with van der Waals surface area (Å²) in [7, 11) is 0. The van der Waals surface area contributed by atoms with Gasteiger partial charge in [0, 0.05) is 10.6 Å². The number of benzene rings is 3. The van der Waals surface area contributed by atoms with E-state index in [-0.39, 0.29) is 23.4 Å². The van der Waals surface area contributed by atoms with E-state index < -0.39 is 11.9 Å². The predicted molar refractivity (Wildman–Crippen MR) is 129 cm³/mol. The van der Waals surface area contributed by atoms with Crippen molar-refractivity contribution < 1.29 is 24.2 Å². The molecule has 0 saturated carbocycles. The van der Waals surface area contributed by atoms with Crippen molar-refractivity contribution in [2.45, 2.75) is 13.5 Å². The summed E-state index contributed by atoms with van der Waals surface area (Å²) in [6.45, 7) is 2.45. The van der Waals surface area contributed by atoms with Crippen LogP contribution in [0, 0.1) is 11.3 Å². The summed E-state index contributed by atoms with van der Waals surface area (Å²) >= 11 is 6.18. The third-order valence-electron chi connectivity index (χ3n) is 4.69. The Morgan fingerprint density at radius 2 is 1.79 bits per heavy atom. The largest absolute Gasteiger partial charge is 0.490 e. The highest BCUT2D eigenvalue weighted by molar-refractivity contribution is 6.31. The van der Waals surface area contributed by atoms with Gasteiger partial charge in [-0.25, -0.2) is 4.79 Å². The lowest BCUT2D eigenvalue weighted by molar-refractivity contribution is -0.112. The molecule has 7 nitrogen and oxygen atoms in total. The summed E-state index contributed by atoms with van der Waals surface area (Å²) < 4.78 is 11.5. The second kappa shape index (κ2) is 11.5. The van der Waals surface area contributed by atoms with Crippen LogP contribution in [0.2, 0.25) is 5.02 Å². The predicted octanol–water partition coefficient (Wildman–Crippen LogP) is 5.56. The molecule has 0 fully saturated rings. The van der Waals surface area contributed by atoms with Gasteiger partial charge in [-0.3, -0.25) is 4.79 Å². The number of amides is 1. The van der Waals surface area contributed by atoms with Crippen molar-refractivity contribution in [3.8, 4) is 17.6 Å². The second-order valence-electron chi connectivity index (χ2n) is 6.99. The lowest BCUT2D eigenvalue weighted by Crippen LogP contribution is -2.16. The van der Waals surface area contributed by atoms with Crippen LogP contribution in [-0.4, -0.2) is 23.6 Å². The third-order valence-corrected chi connectivity index (χ3v) is 5.06. The van der Waals surface area contributed by atoms with Gasteiger partial charge in [0.25, 0.3) is 5.91 Å². The molecule has 0 aliphatic carbocycles. The fourth-order valence-electron chi connectivity index (χ4n) is 3.06. The summed E-state index contributed by atoms with van der Waals surface area (Å²) in [6.07, 6.45) is 1.39. The molecule has 2 N–H and O–H groups in total. The molecule has 0 unspecified atom stereocenters. The first-order valence-corrected chi connectivity index (χ1v) is 10.7. The van der Waals surface area contributed by atoms with Crippen molar-refractivity contribution in [1.29, 1.82) is 5.26 Å². The number of nitriles is 1. The van der Waals surface area contributed by atoms with Crippen LogP contribution < -0.4 is 14.8 Å². The number of halogens is 1. The van der Waals surface area contributed by atoms with Gasteiger partial charge in [0.15, 0.2) is 11.5 Å². The van der Waals surface area contributed by atoms with Crippen molar-refractivity contribution in [3.05, 3.63) is 94.0 Å². The lowest BCUT2D eigenvalue weighted by atomic mass is 10.1. The molecule has 3 aromatic rings. The molecule has 0 heterocycles. The van der Waals surface area contributed by atoms with Crippen molar-refractivity contribution in [3.63, 3.8) is 0 Å². The van der Waals surface area contributed by atoms with E-state index in [0.29, 0.717) is 28.7 Å². The highest BCUT2D eigenvalue weighted by Crippen LogP contribution is 2.31. The molecule has 0 bridgehead atoms. The van der Waals surface area contributed by atoms with Gasteiger partial charge in [0.2, 0.25) is 0 Å². The van der Waals surface area contributed by atoms with Crippen LogP contribution >= 0.6 is 11.6 Å². The lowest BCUT2D eigenvalue weighted by Gasteiger charge is -2.13. The number of nitrogens with one attached hydrogen (secondary N) is 1. The van der Waals surface area contributed by atoms with E-state index in [1.54, 1.807) is 36.4 Å². The van der Waals surface area contributed by atoms with E-state index in [1.807, 2.05) is 31.2 Å². The van der Waals surface area contributed by atoms with Crippen LogP contribution in [0.5, 0.6) is 11.5 Å². The highest BCUT2D eigenvalue weighted by Gasteiger charge is 2.15. The molecule has 172 valence electrons. The zero-order valence-electron chi connectivity index (χ0n) is 18.2. The van der Waals surface area contributed by atoms with E-state index in [2.05, 4.69) is 5.32 Å². The maximum Gasteiger partial charge on any atom is 0.337 e. The number of aromatic carboxylic acids is 1. The number of nitrogens with zero attached hydrogens (tertiary/aromatic N) is 1. The number of para-hydroxylation sites is 1. The zero-order valence-corrected chi connectivity index (χ0v) is 19.0. The molecular formula is C26H21ClN2O5. The van der Waals surface area contributed by atoms with E-state index in [1.165, 1.54) is 18.2 Å². The molecule has 1 amide bonds. The maximum absolute atomic E-state index is 12.6. The van der Waals surface area contributed by atoms with Gasteiger partial charge in [0.1, 0.15) is 18.2 Å². The minimum Gasteiger partial charge on any atom is -0.490 e. The molecular weight excluding hydrogens is 456 g/mol. The molecule has 0 radical (unpaired) electrons. The van der Waals surface area contributed by atoms with Crippen LogP contribution in [0.4, 0.5) is 5.69 Å². The van der Waals surface area contributed by atoms with Crippen LogP contribution in [0.25, 0.3) is 6.08 Å². The van der Waals surface area contributed by atoms with Crippen LogP contribution in [0.3, 0.4) is 0 Å². The number of carbonyl (C=O) groups excluding carboxylic acids is 1. The number of anilines is 1. The fraction of sp³-hybridized carbons (Fsp3) is 0.115. The normalized spacial score (nSPS) is 10.8. The Labute approximate surface area is 201 Å². The Hall–Kier alpha value is -4.28. The minimum atomic E-state index is -1.19. The highest BCUT2D eigenvalue weighted by atomic mass is 35.5. The number of ether oxygens (including phenoxy) is 2. The molecule has 34 heavy (non-hydrogen) atoms. The SMILES string of the molecule is CCOc1cc(/C=C(\C#N)C(=O)Nc2ccccc2C(=O)O)ccc1OCc1ccccc1Cl. The summed E-state index contributed by atoms with van der Waals surface area (Å²) in [6, 6.07) is 20.2. The molecule has 3 rings (SSSR count). The van der Waals surface area contributed by atoms with E-state index in [4.69, 9.17) is 21.1 Å². The number of hydrogen-bond acceptors (Lipinski definition) is 5. The summed E-state index contributed by atoms with van der Waals surface area (Å²) in [5.41, 5.74) is 1.17. The van der Waals surface area contributed by atoms with Crippen molar-refractivity contribution >= 4 is 35.2 Å². The van der Waals surface area contributed by atoms with Crippen molar-refractivity contribution in [2.24, 2.45) is 0 Å². The van der Waals surface area contributed by atoms with Gasteiger partial charge < -0.3 is 19.9 Å². The smallest absolute Gasteiger partial charge is 0.337 e. The van der Waals surface area contributed by atoms with Gasteiger partial charge in [-0.05, 0) is 48.9 Å². The number of carboxylic acid groups (broad SMARTS) is 1. The monoisotopic (exact) mass is 476 g/mol. The van der Waals surface area contributed by atoms with Gasteiger partial charge in [-0.15, -0.1) is 0 Å². The molecule has 0 spiro atoms. The van der Waals surface area contributed by atoms with E-state index in [9.17, 15) is 20.0 Å². The molecule has 8 heteroatoms. The average Bonchev–Trinajstić information content (AvgIpc) is 2.83. The van der Waals surface area contributed by atoms with Crippen LogP contribution in [-0.2, 0) is 11.4 Å². The van der Waals surface area contributed by atoms with Crippen LogP contribution in [0.1, 0.15) is 28.4 Å². The zero-order chi connectivity index (χ0) is 24.5. The summed E-state index contributed by atoms with van der Waals surface area (Å²) in [4.78, 5) is 24.0. The Morgan fingerprint density at radius 1 is 1.06 bits per heavy atom. The molecule has 0 aliphatic rings. The third kappa shape index (κ3) is 6.15. The van der Waals surface area contributed by atoms with Crippen molar-refractivity contribution in [1.82, 2.24) is 0 Å². The molecule has 0 aliphatic heterocycles. The Bertz CT molecular complexity index is 1280. The minimum absolute atomic E-state index is 0.0770. The average molecular weight is 477 g/mol. The van der Waals surface area contributed by atoms with Gasteiger partial charge in [-0.2, -0.15) is 5.26 Å². The standard InChI is InChI=1S/C26H21ClN2O5/c1-2-33-24-14-17(11-12-23(24)34-16-18-7-3-5-9-21(18)27)13-19(15-28)25(30)29-22-10-6-4-8-20(22)26(31)32/h3-14H,2,16H2,1H3,(H,29,30)(H,31,32)/b19-13+. The quantitative estimate of drug-likeness (QED) is 0.309. The van der Waals surface area contributed by atoms with Gasteiger partial charge in [0.05, 0.1) is 17.9 Å². The van der Waals surface area contributed by atoms with E-state index >= 15 is 0 Å². The summed E-state index contributed by atoms with van der Waals surface area (Å²) in [5.74, 6) is -0.991. The summed E-state index contributed by atoms with van der Waals surface area (Å²) in [5, 5.41) is 21.9.